The van der Waals surface area contributed by atoms with Crippen LogP contribution >= 0.6 is 0 Å². The first-order valence-electron chi connectivity index (χ1n) is 12.2. The third kappa shape index (κ3) is 4.39. The summed E-state index contributed by atoms with van der Waals surface area (Å²) in [7, 11) is 4.28. The number of hydrogen-bond acceptors (Lipinski definition) is 4. The van der Waals surface area contributed by atoms with Crippen LogP contribution in [0.1, 0.15) is 24.0 Å². The topological polar surface area (TPSA) is 31.4 Å². The molecular formula is C28H36N4. The molecule has 1 aromatic heterocycles. The second-order valence-corrected chi connectivity index (χ2v) is 9.93. The SMILES string of the molecule is CNCCCc1ccc(-c2cc(N3CC4CCN(C)CC4C3)c3ccc(C)cc3n2)cc1. The fourth-order valence-electron chi connectivity index (χ4n) is 5.59. The van der Waals surface area contributed by atoms with E-state index in [-0.39, 0.29) is 0 Å². The standard InChI is InChI=1S/C28H36N4/c1-20-6-11-25-27(15-20)30-26(22-9-7-21(8-10-22)5-4-13-29-2)16-28(25)32-18-23-12-14-31(3)17-24(23)19-32/h6-11,15-16,23-24,29H,4-5,12-14,17-19H2,1-3H3. The molecule has 2 saturated heterocycles. The number of aryl methyl sites for hydroxylation is 2. The Balaban J connectivity index is 1.48. The van der Waals surface area contributed by atoms with Gasteiger partial charge >= 0.3 is 0 Å². The van der Waals surface area contributed by atoms with Gasteiger partial charge in [-0.1, -0.05) is 36.4 Å². The van der Waals surface area contributed by atoms with Gasteiger partial charge in [0.2, 0.25) is 0 Å². The van der Waals surface area contributed by atoms with Crippen LogP contribution in [-0.2, 0) is 6.42 Å². The number of benzene rings is 2. The molecule has 0 saturated carbocycles. The molecule has 0 amide bonds. The van der Waals surface area contributed by atoms with Crippen LogP contribution in [0.4, 0.5) is 5.69 Å². The minimum atomic E-state index is 0.780. The first-order valence-corrected chi connectivity index (χ1v) is 12.2. The molecule has 2 unspecified atom stereocenters. The van der Waals surface area contributed by atoms with Crippen molar-refractivity contribution in [3.05, 3.63) is 59.7 Å². The highest BCUT2D eigenvalue weighted by atomic mass is 15.2. The average Bonchev–Trinajstić information content (AvgIpc) is 3.22. The Morgan fingerprint density at radius 2 is 1.81 bits per heavy atom. The first-order chi connectivity index (χ1) is 15.6. The third-order valence-corrected chi connectivity index (χ3v) is 7.43. The highest BCUT2D eigenvalue weighted by Gasteiger charge is 2.36. The van der Waals surface area contributed by atoms with Gasteiger partial charge in [0.1, 0.15) is 0 Å². The zero-order valence-electron chi connectivity index (χ0n) is 19.8. The van der Waals surface area contributed by atoms with Gasteiger partial charge in [0.15, 0.2) is 0 Å². The number of rotatable bonds is 6. The van der Waals surface area contributed by atoms with Gasteiger partial charge < -0.3 is 15.1 Å². The van der Waals surface area contributed by atoms with E-state index < -0.39 is 0 Å². The minimum Gasteiger partial charge on any atom is -0.370 e. The predicted octanol–water partition coefficient (Wildman–Crippen LogP) is 4.75. The minimum absolute atomic E-state index is 0.780. The van der Waals surface area contributed by atoms with E-state index in [9.17, 15) is 0 Å². The molecule has 1 N–H and O–H groups in total. The van der Waals surface area contributed by atoms with Crippen molar-refractivity contribution in [1.29, 1.82) is 0 Å². The highest BCUT2D eigenvalue weighted by Crippen LogP contribution is 2.38. The molecule has 5 rings (SSSR count). The van der Waals surface area contributed by atoms with Crippen molar-refractivity contribution in [1.82, 2.24) is 15.2 Å². The predicted molar refractivity (Wildman–Crippen MR) is 135 cm³/mol. The first kappa shape index (κ1) is 21.4. The Labute approximate surface area is 192 Å². The maximum Gasteiger partial charge on any atom is 0.0733 e. The molecule has 0 aliphatic carbocycles. The lowest BCUT2D eigenvalue weighted by Gasteiger charge is -2.31. The Kier molecular flexibility index (Phi) is 6.16. The highest BCUT2D eigenvalue weighted by molar-refractivity contribution is 5.94. The van der Waals surface area contributed by atoms with Gasteiger partial charge in [-0.25, -0.2) is 4.98 Å². The molecule has 0 spiro atoms. The van der Waals surface area contributed by atoms with Crippen LogP contribution in [0.25, 0.3) is 22.2 Å². The van der Waals surface area contributed by atoms with Gasteiger partial charge in [0.25, 0.3) is 0 Å². The number of likely N-dealkylation sites (tertiary alicyclic amines) is 1. The molecule has 0 radical (unpaired) electrons. The number of anilines is 1. The maximum absolute atomic E-state index is 5.10. The lowest BCUT2D eigenvalue weighted by Crippen LogP contribution is -2.37. The van der Waals surface area contributed by atoms with Gasteiger partial charge in [-0.15, -0.1) is 0 Å². The van der Waals surface area contributed by atoms with Gasteiger partial charge in [0.05, 0.1) is 11.2 Å². The van der Waals surface area contributed by atoms with E-state index in [4.69, 9.17) is 4.98 Å². The largest absolute Gasteiger partial charge is 0.370 e. The van der Waals surface area contributed by atoms with Crippen molar-refractivity contribution in [3.8, 4) is 11.3 Å². The summed E-state index contributed by atoms with van der Waals surface area (Å²) >= 11 is 0. The Bertz CT molecular complexity index is 1070. The van der Waals surface area contributed by atoms with Crippen molar-refractivity contribution in [2.24, 2.45) is 11.8 Å². The van der Waals surface area contributed by atoms with Crippen LogP contribution < -0.4 is 10.2 Å². The molecule has 4 nitrogen and oxygen atoms in total. The van der Waals surface area contributed by atoms with Crippen LogP contribution in [0, 0.1) is 18.8 Å². The van der Waals surface area contributed by atoms with E-state index in [0.29, 0.717) is 0 Å². The third-order valence-electron chi connectivity index (χ3n) is 7.43. The number of nitrogens with zero attached hydrogens (tertiary/aromatic N) is 3. The van der Waals surface area contributed by atoms with Crippen molar-refractivity contribution in [3.63, 3.8) is 0 Å². The molecule has 168 valence electrons. The smallest absolute Gasteiger partial charge is 0.0733 e. The number of fused-ring (bicyclic) bond motifs is 2. The molecule has 3 aromatic rings. The zero-order valence-corrected chi connectivity index (χ0v) is 19.8. The summed E-state index contributed by atoms with van der Waals surface area (Å²) in [5, 5.41) is 4.52. The van der Waals surface area contributed by atoms with Gasteiger partial charge in [-0.3, -0.25) is 0 Å². The number of piperidine rings is 1. The van der Waals surface area contributed by atoms with Crippen LogP contribution in [0.15, 0.2) is 48.5 Å². The lowest BCUT2D eigenvalue weighted by atomic mass is 9.89. The summed E-state index contributed by atoms with van der Waals surface area (Å²) in [6, 6.07) is 18.1. The Hall–Kier alpha value is -2.43. The Morgan fingerprint density at radius 1 is 1.00 bits per heavy atom. The van der Waals surface area contributed by atoms with Crippen LogP contribution in [-0.4, -0.2) is 56.7 Å². The lowest BCUT2D eigenvalue weighted by molar-refractivity contribution is 0.178. The normalized spacial score (nSPS) is 21.3. The van der Waals surface area contributed by atoms with E-state index in [2.05, 4.69) is 77.6 Å². The summed E-state index contributed by atoms with van der Waals surface area (Å²) < 4.78 is 0. The molecule has 2 aliphatic rings. The molecule has 2 aromatic carbocycles. The van der Waals surface area contributed by atoms with E-state index in [1.54, 1.807) is 0 Å². The molecule has 32 heavy (non-hydrogen) atoms. The number of hydrogen-bond donors (Lipinski definition) is 1. The zero-order chi connectivity index (χ0) is 22.1. The number of nitrogens with one attached hydrogen (secondary N) is 1. The summed E-state index contributed by atoms with van der Waals surface area (Å²) in [6.07, 6.45) is 3.60. The van der Waals surface area contributed by atoms with Crippen molar-refractivity contribution in [2.75, 3.05) is 51.7 Å². The average molecular weight is 429 g/mol. The van der Waals surface area contributed by atoms with Gasteiger partial charge in [-0.05, 0) is 88.5 Å². The van der Waals surface area contributed by atoms with Crippen LogP contribution in [0.2, 0.25) is 0 Å². The fourth-order valence-corrected chi connectivity index (χ4v) is 5.59. The molecule has 2 atom stereocenters. The van der Waals surface area contributed by atoms with E-state index in [1.807, 2.05) is 7.05 Å². The van der Waals surface area contributed by atoms with Crippen LogP contribution in [0.5, 0.6) is 0 Å². The molecule has 4 heteroatoms. The second kappa shape index (κ2) is 9.21. The van der Waals surface area contributed by atoms with Crippen molar-refractivity contribution >= 4 is 16.6 Å². The second-order valence-electron chi connectivity index (χ2n) is 9.93. The van der Waals surface area contributed by atoms with E-state index in [1.165, 1.54) is 60.2 Å². The molecule has 2 fully saturated rings. The molecule has 0 bridgehead atoms. The summed E-state index contributed by atoms with van der Waals surface area (Å²) in [5.74, 6) is 1.60. The number of pyridine rings is 1. The van der Waals surface area contributed by atoms with E-state index >= 15 is 0 Å². The molecule has 2 aliphatic heterocycles. The van der Waals surface area contributed by atoms with E-state index in [0.717, 1.165) is 42.6 Å². The van der Waals surface area contributed by atoms with Gasteiger partial charge in [-0.2, -0.15) is 0 Å². The summed E-state index contributed by atoms with van der Waals surface area (Å²) in [5.41, 5.74) is 7.44. The van der Waals surface area contributed by atoms with Gasteiger partial charge in [0, 0.05) is 36.3 Å². The van der Waals surface area contributed by atoms with Crippen molar-refractivity contribution < 1.29 is 0 Å². The fraction of sp³-hybridized carbons (Fsp3) is 0.464. The summed E-state index contributed by atoms with van der Waals surface area (Å²) in [6.45, 7) is 8.02. The van der Waals surface area contributed by atoms with Crippen LogP contribution in [0.3, 0.4) is 0 Å². The Morgan fingerprint density at radius 3 is 2.62 bits per heavy atom. The maximum atomic E-state index is 5.10. The quantitative estimate of drug-likeness (QED) is 0.574. The molecule has 3 heterocycles. The number of aromatic nitrogens is 1. The monoisotopic (exact) mass is 428 g/mol. The molecular weight excluding hydrogens is 392 g/mol. The summed E-state index contributed by atoms with van der Waals surface area (Å²) in [4.78, 5) is 10.2. The van der Waals surface area contributed by atoms with Crippen molar-refractivity contribution in [2.45, 2.75) is 26.2 Å².